The topological polar surface area (TPSA) is 50.4 Å². The van der Waals surface area contributed by atoms with E-state index < -0.39 is 41.1 Å². The van der Waals surface area contributed by atoms with Crippen molar-refractivity contribution < 1.29 is 35.9 Å². The first kappa shape index (κ1) is 28.9. The molecule has 0 aromatic heterocycles. The number of alkyl halides is 6. The van der Waals surface area contributed by atoms with Crippen LogP contribution in [0.1, 0.15) is 42.6 Å². The second-order valence-corrected chi connectivity index (χ2v) is 8.31. The van der Waals surface area contributed by atoms with Crippen LogP contribution in [0.2, 0.25) is 0 Å². The highest BCUT2D eigenvalue weighted by molar-refractivity contribution is 5.85. The van der Waals surface area contributed by atoms with Gasteiger partial charge in [-0.05, 0) is 55.1 Å². The Hall–Kier alpha value is -2.30. The van der Waals surface area contributed by atoms with Gasteiger partial charge in [-0.3, -0.25) is 4.79 Å². The number of amides is 1. The molecule has 1 heterocycles. The molecule has 2 N–H and O–H groups in total. The fraction of sp³-hybridized carbons (Fsp3) is 0.458. The van der Waals surface area contributed by atoms with E-state index in [-0.39, 0.29) is 42.6 Å². The monoisotopic (exact) mass is 524 g/mol. The summed E-state index contributed by atoms with van der Waals surface area (Å²) < 4.78 is 90.1. The SMILES string of the molecule is CC(=O)NCC(OCC1CCNCC1)c1cc(C(F)(F)F)c(-c2ccccc2)c(C(F)(F)F)c1.Cl. The van der Waals surface area contributed by atoms with Gasteiger partial charge in [0.1, 0.15) is 0 Å². The number of halogens is 7. The van der Waals surface area contributed by atoms with E-state index in [1.807, 2.05) is 0 Å². The number of hydrogen-bond donors (Lipinski definition) is 2. The van der Waals surface area contributed by atoms with E-state index >= 15 is 0 Å². The maximum absolute atomic E-state index is 14.1. The molecule has 194 valence electrons. The van der Waals surface area contributed by atoms with Crippen LogP contribution in [0.5, 0.6) is 0 Å². The van der Waals surface area contributed by atoms with Gasteiger partial charge in [0.05, 0.1) is 23.8 Å². The lowest BCUT2D eigenvalue weighted by Gasteiger charge is -2.27. The van der Waals surface area contributed by atoms with Crippen LogP contribution < -0.4 is 10.6 Å². The normalized spacial score (nSPS) is 15.9. The number of benzene rings is 2. The molecule has 1 amide bonds. The molecule has 11 heteroatoms. The summed E-state index contributed by atoms with van der Waals surface area (Å²) in [6.45, 7) is 2.64. The first-order valence-electron chi connectivity index (χ1n) is 10.9. The molecule has 1 aliphatic heterocycles. The first-order chi connectivity index (χ1) is 16.0. The quantitative estimate of drug-likeness (QED) is 0.436. The van der Waals surface area contributed by atoms with Crippen molar-refractivity contribution in [3.05, 3.63) is 59.2 Å². The second-order valence-electron chi connectivity index (χ2n) is 8.31. The summed E-state index contributed by atoms with van der Waals surface area (Å²) in [5.41, 5.74) is -4.21. The third-order valence-corrected chi connectivity index (χ3v) is 5.73. The van der Waals surface area contributed by atoms with E-state index in [0.717, 1.165) is 25.9 Å². The number of rotatable bonds is 7. The lowest BCUT2D eigenvalue weighted by molar-refractivity contribution is -0.142. The average molecular weight is 525 g/mol. The minimum atomic E-state index is -5.05. The Kier molecular flexibility index (Phi) is 10.00. The third kappa shape index (κ3) is 7.85. The van der Waals surface area contributed by atoms with E-state index in [1.54, 1.807) is 0 Å². The number of piperidine rings is 1. The van der Waals surface area contributed by atoms with Gasteiger partial charge in [0, 0.05) is 19.0 Å². The summed E-state index contributed by atoms with van der Waals surface area (Å²) in [6.07, 6.45) is -9.71. The van der Waals surface area contributed by atoms with E-state index in [4.69, 9.17) is 4.74 Å². The van der Waals surface area contributed by atoms with Crippen molar-refractivity contribution in [2.45, 2.75) is 38.2 Å². The van der Waals surface area contributed by atoms with Gasteiger partial charge in [-0.25, -0.2) is 0 Å². The molecule has 0 spiro atoms. The van der Waals surface area contributed by atoms with Crippen molar-refractivity contribution in [1.82, 2.24) is 10.6 Å². The summed E-state index contributed by atoms with van der Waals surface area (Å²) in [6, 6.07) is 8.09. The number of carbonyl (C=O) groups is 1. The number of carbonyl (C=O) groups excluding carboxylic acids is 1. The van der Waals surface area contributed by atoms with E-state index in [2.05, 4.69) is 10.6 Å². The molecule has 2 aromatic rings. The predicted molar refractivity (Wildman–Crippen MR) is 122 cm³/mol. The van der Waals surface area contributed by atoms with Gasteiger partial charge < -0.3 is 15.4 Å². The maximum Gasteiger partial charge on any atom is 0.417 e. The van der Waals surface area contributed by atoms with Crippen LogP contribution in [0.4, 0.5) is 26.3 Å². The van der Waals surface area contributed by atoms with Crippen molar-refractivity contribution in [3.8, 4) is 11.1 Å². The molecular weight excluding hydrogens is 498 g/mol. The molecule has 0 aliphatic carbocycles. The van der Waals surface area contributed by atoms with E-state index in [0.29, 0.717) is 12.1 Å². The minimum Gasteiger partial charge on any atom is -0.371 e. The highest BCUT2D eigenvalue weighted by Gasteiger charge is 2.42. The molecule has 1 atom stereocenters. The van der Waals surface area contributed by atoms with Crippen molar-refractivity contribution in [3.63, 3.8) is 0 Å². The molecule has 4 nitrogen and oxygen atoms in total. The maximum atomic E-state index is 14.1. The molecular formula is C24H27ClF6N2O2. The van der Waals surface area contributed by atoms with Gasteiger partial charge in [-0.15, -0.1) is 12.4 Å². The van der Waals surface area contributed by atoms with Gasteiger partial charge in [0.15, 0.2) is 0 Å². The first-order valence-corrected chi connectivity index (χ1v) is 10.9. The Bertz CT molecular complexity index is 941. The Morgan fingerprint density at radius 3 is 2.06 bits per heavy atom. The van der Waals surface area contributed by atoms with Crippen molar-refractivity contribution in [1.29, 1.82) is 0 Å². The highest BCUT2D eigenvalue weighted by Crippen LogP contribution is 2.46. The third-order valence-electron chi connectivity index (χ3n) is 5.73. The fourth-order valence-electron chi connectivity index (χ4n) is 4.02. The van der Waals surface area contributed by atoms with Crippen molar-refractivity contribution in [2.75, 3.05) is 26.2 Å². The van der Waals surface area contributed by atoms with Gasteiger partial charge in [0.25, 0.3) is 0 Å². The summed E-state index contributed by atoms with van der Waals surface area (Å²) in [5.74, 6) is -0.350. The zero-order valence-corrected chi connectivity index (χ0v) is 19.7. The zero-order valence-electron chi connectivity index (χ0n) is 18.9. The van der Waals surface area contributed by atoms with Crippen molar-refractivity contribution in [2.24, 2.45) is 5.92 Å². The summed E-state index contributed by atoms with van der Waals surface area (Å²) in [7, 11) is 0. The van der Waals surface area contributed by atoms with Gasteiger partial charge in [-0.1, -0.05) is 30.3 Å². The molecule has 1 aliphatic rings. The lowest BCUT2D eigenvalue weighted by atomic mass is 9.90. The second kappa shape index (κ2) is 12.1. The van der Waals surface area contributed by atoms with Crippen LogP contribution in [0.15, 0.2) is 42.5 Å². The van der Waals surface area contributed by atoms with Gasteiger partial charge >= 0.3 is 12.4 Å². The number of hydrogen-bond acceptors (Lipinski definition) is 3. The average Bonchev–Trinajstić information content (AvgIpc) is 2.78. The highest BCUT2D eigenvalue weighted by atomic mass is 35.5. The van der Waals surface area contributed by atoms with E-state index in [9.17, 15) is 31.1 Å². The van der Waals surface area contributed by atoms with Gasteiger partial charge in [-0.2, -0.15) is 26.3 Å². The predicted octanol–water partition coefficient (Wildman–Crippen LogP) is 6.01. The zero-order chi connectivity index (χ0) is 24.9. The molecule has 0 saturated carbocycles. The molecule has 35 heavy (non-hydrogen) atoms. The molecule has 2 aromatic carbocycles. The molecule has 1 fully saturated rings. The summed E-state index contributed by atoms with van der Waals surface area (Å²) in [5, 5.41) is 5.64. The minimum absolute atomic E-state index is 0. The Balaban J connectivity index is 0.00000432. The Labute approximate surface area is 205 Å². The Morgan fingerprint density at radius 2 is 1.57 bits per heavy atom. The van der Waals surface area contributed by atoms with Crippen LogP contribution >= 0.6 is 12.4 Å². The largest absolute Gasteiger partial charge is 0.417 e. The van der Waals surface area contributed by atoms with Crippen LogP contribution in [0.25, 0.3) is 11.1 Å². The number of ether oxygens (including phenoxy) is 1. The standard InChI is InChI=1S/C24H26F6N2O2.ClH/c1-15(33)32-13-21(34-14-16-7-9-31-10-8-16)18-11-19(23(25,26)27)22(17-5-3-2-4-6-17)20(12-18)24(28,29)30;/h2-6,11-12,16,21,31H,7-10,13-14H2,1H3,(H,32,33);1H. The molecule has 1 unspecified atom stereocenters. The van der Waals surface area contributed by atoms with Gasteiger partial charge in [0.2, 0.25) is 5.91 Å². The van der Waals surface area contributed by atoms with E-state index in [1.165, 1.54) is 37.3 Å². The van der Waals surface area contributed by atoms with Crippen LogP contribution in [0, 0.1) is 5.92 Å². The molecule has 0 bridgehead atoms. The molecule has 1 saturated heterocycles. The van der Waals surface area contributed by atoms with Crippen LogP contribution in [-0.2, 0) is 21.9 Å². The smallest absolute Gasteiger partial charge is 0.371 e. The van der Waals surface area contributed by atoms with Crippen LogP contribution in [-0.4, -0.2) is 32.1 Å². The molecule has 0 radical (unpaired) electrons. The lowest BCUT2D eigenvalue weighted by Crippen LogP contribution is -2.32. The summed E-state index contributed by atoms with van der Waals surface area (Å²) in [4.78, 5) is 11.4. The van der Waals surface area contributed by atoms with Crippen LogP contribution in [0.3, 0.4) is 0 Å². The Morgan fingerprint density at radius 1 is 1.03 bits per heavy atom. The number of nitrogens with one attached hydrogen (secondary N) is 2. The van der Waals surface area contributed by atoms with Crippen molar-refractivity contribution >= 4 is 18.3 Å². The molecule has 3 rings (SSSR count). The summed E-state index contributed by atoms with van der Waals surface area (Å²) >= 11 is 0. The fourth-order valence-corrected chi connectivity index (χ4v) is 4.02.